The van der Waals surface area contributed by atoms with Crippen LogP contribution in [0.15, 0.2) is 12.1 Å². The van der Waals surface area contributed by atoms with Gasteiger partial charge >= 0.3 is 5.97 Å². The van der Waals surface area contributed by atoms with Gasteiger partial charge in [-0.1, -0.05) is 11.6 Å². The van der Waals surface area contributed by atoms with Crippen LogP contribution in [0.1, 0.15) is 11.6 Å². The van der Waals surface area contributed by atoms with Crippen LogP contribution in [0, 0.1) is 0 Å². The predicted molar refractivity (Wildman–Crippen MR) is 67.8 cm³/mol. The molecule has 0 amide bonds. The highest BCUT2D eigenvalue weighted by Crippen LogP contribution is 2.37. The number of benzene rings is 1. The van der Waals surface area contributed by atoms with E-state index in [1.807, 2.05) is 0 Å². The Balaban J connectivity index is 2.08. The van der Waals surface area contributed by atoms with E-state index >= 15 is 0 Å². The molecule has 3 N–H and O–H groups in total. The van der Waals surface area contributed by atoms with Gasteiger partial charge in [0.1, 0.15) is 19.8 Å². The fourth-order valence-corrected chi connectivity index (χ4v) is 2.02. The molecule has 7 heteroatoms. The highest BCUT2D eigenvalue weighted by atomic mass is 35.5. The lowest BCUT2D eigenvalue weighted by Crippen LogP contribution is -2.21. The van der Waals surface area contributed by atoms with E-state index in [1.54, 1.807) is 12.1 Å². The van der Waals surface area contributed by atoms with E-state index in [9.17, 15) is 4.79 Å². The van der Waals surface area contributed by atoms with Crippen LogP contribution in [-0.2, 0) is 9.53 Å². The Bertz CT molecular complexity index is 479. The van der Waals surface area contributed by atoms with Crippen molar-refractivity contribution in [2.45, 2.75) is 6.04 Å². The number of ether oxygens (including phenoxy) is 3. The third kappa shape index (κ3) is 3.50. The highest BCUT2D eigenvalue weighted by Gasteiger charge is 2.18. The largest absolute Gasteiger partial charge is 0.486 e. The lowest BCUT2D eigenvalue weighted by molar-refractivity contribution is -0.142. The Kier molecular flexibility index (Phi) is 4.47. The molecular formula is C12H14ClNO5. The van der Waals surface area contributed by atoms with E-state index in [4.69, 9.17) is 36.7 Å². The lowest BCUT2D eigenvalue weighted by Gasteiger charge is -2.21. The number of nitrogens with two attached hydrogens (primary N) is 1. The van der Waals surface area contributed by atoms with E-state index in [-0.39, 0.29) is 6.61 Å². The molecule has 0 saturated carbocycles. The van der Waals surface area contributed by atoms with Crippen LogP contribution in [0.2, 0.25) is 5.02 Å². The second-order valence-corrected chi connectivity index (χ2v) is 4.44. The zero-order valence-corrected chi connectivity index (χ0v) is 10.9. The van der Waals surface area contributed by atoms with Crippen molar-refractivity contribution in [2.24, 2.45) is 5.73 Å². The summed E-state index contributed by atoms with van der Waals surface area (Å²) in [5.74, 6) is 0.124. The molecule has 0 spiro atoms. The standard InChI is InChI=1S/C12H14ClNO5/c13-8-4-11-10(18-1-2-19-11)3-7(8)9(14)5-17-6-12(15)16/h3-4,9H,1-2,5-6,14H2,(H,15,16). The van der Waals surface area contributed by atoms with Crippen molar-refractivity contribution in [1.29, 1.82) is 0 Å². The molecule has 0 aromatic heterocycles. The molecule has 1 aromatic carbocycles. The summed E-state index contributed by atoms with van der Waals surface area (Å²) in [5.41, 5.74) is 6.55. The van der Waals surface area contributed by atoms with Crippen LogP contribution in [0.3, 0.4) is 0 Å². The predicted octanol–water partition coefficient (Wildman–Crippen LogP) is 1.21. The third-order valence-electron chi connectivity index (χ3n) is 2.58. The Labute approximate surface area is 115 Å². The Morgan fingerprint density at radius 1 is 1.42 bits per heavy atom. The molecule has 0 aliphatic carbocycles. The van der Waals surface area contributed by atoms with Crippen LogP contribution in [0.4, 0.5) is 0 Å². The Morgan fingerprint density at radius 2 is 2.05 bits per heavy atom. The van der Waals surface area contributed by atoms with E-state index in [0.717, 1.165) is 0 Å². The van der Waals surface area contributed by atoms with Crippen molar-refractivity contribution in [1.82, 2.24) is 0 Å². The fourth-order valence-electron chi connectivity index (χ4n) is 1.73. The van der Waals surface area contributed by atoms with E-state index in [0.29, 0.717) is 35.3 Å². The molecule has 1 aliphatic rings. The summed E-state index contributed by atoms with van der Waals surface area (Å²) in [6, 6.07) is 2.82. The smallest absolute Gasteiger partial charge is 0.329 e. The van der Waals surface area contributed by atoms with Crippen LogP contribution in [0.25, 0.3) is 0 Å². The van der Waals surface area contributed by atoms with Crippen LogP contribution < -0.4 is 15.2 Å². The average molecular weight is 288 g/mol. The maximum atomic E-state index is 10.3. The molecule has 19 heavy (non-hydrogen) atoms. The molecule has 1 heterocycles. The fraction of sp³-hybridized carbons (Fsp3) is 0.417. The second-order valence-electron chi connectivity index (χ2n) is 4.03. The number of halogens is 1. The molecule has 1 atom stereocenters. The maximum absolute atomic E-state index is 10.3. The number of rotatable bonds is 5. The van der Waals surface area contributed by atoms with E-state index in [1.165, 1.54) is 0 Å². The summed E-state index contributed by atoms with van der Waals surface area (Å²) < 4.78 is 15.8. The first-order valence-corrected chi connectivity index (χ1v) is 6.10. The van der Waals surface area contributed by atoms with Crippen LogP contribution in [-0.4, -0.2) is 37.5 Å². The van der Waals surface area contributed by atoms with Gasteiger partial charge in [0.25, 0.3) is 0 Å². The minimum atomic E-state index is -1.04. The monoisotopic (exact) mass is 287 g/mol. The topological polar surface area (TPSA) is 91.0 Å². The molecule has 6 nitrogen and oxygen atoms in total. The van der Waals surface area contributed by atoms with E-state index < -0.39 is 18.6 Å². The van der Waals surface area contributed by atoms with Crippen molar-refractivity contribution in [3.8, 4) is 11.5 Å². The van der Waals surface area contributed by atoms with Gasteiger partial charge in [0.2, 0.25) is 0 Å². The van der Waals surface area contributed by atoms with Gasteiger partial charge < -0.3 is 25.1 Å². The summed E-state index contributed by atoms with van der Waals surface area (Å²) in [7, 11) is 0. The maximum Gasteiger partial charge on any atom is 0.329 e. The van der Waals surface area contributed by atoms with Crippen molar-refractivity contribution in [3.63, 3.8) is 0 Å². The quantitative estimate of drug-likeness (QED) is 0.846. The van der Waals surface area contributed by atoms with Gasteiger partial charge in [-0.25, -0.2) is 4.79 Å². The average Bonchev–Trinajstić information content (AvgIpc) is 2.37. The SMILES string of the molecule is NC(COCC(=O)O)c1cc2c(cc1Cl)OCCO2. The van der Waals surface area contributed by atoms with Crippen molar-refractivity contribution in [2.75, 3.05) is 26.4 Å². The van der Waals surface area contributed by atoms with Crippen molar-refractivity contribution < 1.29 is 24.1 Å². The van der Waals surface area contributed by atoms with Crippen LogP contribution in [0.5, 0.6) is 11.5 Å². The summed E-state index contributed by atoms with van der Waals surface area (Å²) in [6.07, 6.45) is 0. The molecule has 0 bridgehead atoms. The molecule has 1 unspecified atom stereocenters. The third-order valence-corrected chi connectivity index (χ3v) is 2.91. The molecule has 0 fully saturated rings. The molecule has 0 radical (unpaired) electrons. The van der Waals surface area contributed by atoms with E-state index in [2.05, 4.69) is 0 Å². The number of hydrogen-bond donors (Lipinski definition) is 2. The van der Waals surface area contributed by atoms with Gasteiger partial charge in [-0.3, -0.25) is 0 Å². The summed E-state index contributed by atoms with van der Waals surface area (Å²) in [6.45, 7) is 0.622. The summed E-state index contributed by atoms with van der Waals surface area (Å²) in [4.78, 5) is 10.3. The molecule has 1 aliphatic heterocycles. The number of aliphatic carboxylic acids is 1. The van der Waals surface area contributed by atoms with Gasteiger partial charge in [0.05, 0.1) is 12.6 Å². The van der Waals surface area contributed by atoms with Crippen LogP contribution >= 0.6 is 11.6 Å². The minimum absolute atomic E-state index is 0.0612. The normalized spacial score (nSPS) is 15.1. The van der Waals surface area contributed by atoms with Gasteiger partial charge in [0, 0.05) is 11.1 Å². The highest BCUT2D eigenvalue weighted by molar-refractivity contribution is 6.31. The first-order valence-electron chi connectivity index (χ1n) is 5.72. The number of carbonyl (C=O) groups is 1. The van der Waals surface area contributed by atoms with Crippen molar-refractivity contribution in [3.05, 3.63) is 22.7 Å². The van der Waals surface area contributed by atoms with Gasteiger partial charge in [-0.05, 0) is 11.6 Å². The van der Waals surface area contributed by atoms with Gasteiger partial charge in [0.15, 0.2) is 11.5 Å². The second kappa shape index (κ2) is 6.10. The van der Waals surface area contributed by atoms with Crippen molar-refractivity contribution >= 4 is 17.6 Å². The number of carboxylic acids is 1. The zero-order valence-electron chi connectivity index (χ0n) is 10.1. The lowest BCUT2D eigenvalue weighted by atomic mass is 10.1. The zero-order chi connectivity index (χ0) is 13.8. The first-order chi connectivity index (χ1) is 9.08. The summed E-state index contributed by atoms with van der Waals surface area (Å²) >= 11 is 6.11. The number of hydrogen-bond acceptors (Lipinski definition) is 5. The first kappa shape index (κ1) is 13.9. The van der Waals surface area contributed by atoms with Gasteiger partial charge in [-0.2, -0.15) is 0 Å². The summed E-state index contributed by atoms with van der Waals surface area (Å²) in [5, 5.41) is 8.92. The van der Waals surface area contributed by atoms with Gasteiger partial charge in [-0.15, -0.1) is 0 Å². The molecular weight excluding hydrogens is 274 g/mol. The Hall–Kier alpha value is -1.50. The molecule has 1 aromatic rings. The number of carboxylic acid groups (broad SMARTS) is 1. The minimum Gasteiger partial charge on any atom is -0.486 e. The molecule has 2 rings (SSSR count). The Morgan fingerprint density at radius 3 is 2.68 bits per heavy atom. The molecule has 104 valence electrons. The molecule has 0 saturated heterocycles. The number of fused-ring (bicyclic) bond motifs is 1.